The molecule has 0 aromatic carbocycles. The van der Waals surface area contributed by atoms with Crippen LogP contribution in [-0.4, -0.2) is 23.1 Å². The fraction of sp³-hybridized carbons (Fsp3) is 0.571. The third-order valence-electron chi connectivity index (χ3n) is 2.90. The van der Waals surface area contributed by atoms with Gasteiger partial charge in [0.05, 0.1) is 5.39 Å². The summed E-state index contributed by atoms with van der Waals surface area (Å²) in [5, 5.41) is 4.44. The number of fused-ring (bicyclic) bond motifs is 1. The summed E-state index contributed by atoms with van der Waals surface area (Å²) in [6, 6.07) is 2.14. The Morgan fingerprint density at radius 3 is 2.74 bits per heavy atom. The molecule has 104 valence electrons. The predicted molar refractivity (Wildman–Crippen MR) is 81.0 cm³/mol. The van der Waals surface area contributed by atoms with E-state index in [1.165, 1.54) is 4.88 Å². The molecule has 0 saturated heterocycles. The number of thiophene rings is 1. The highest BCUT2D eigenvalue weighted by Gasteiger charge is 2.17. The Hall–Kier alpha value is -1.20. The summed E-state index contributed by atoms with van der Waals surface area (Å²) in [5.74, 6) is 1.71. The molecule has 0 aliphatic heterocycles. The van der Waals surface area contributed by atoms with Crippen molar-refractivity contribution >= 4 is 27.4 Å². The number of nitrogens with one attached hydrogen (secondary N) is 1. The average molecular weight is 279 g/mol. The van der Waals surface area contributed by atoms with Crippen molar-refractivity contribution < 1.29 is 4.74 Å². The first-order chi connectivity index (χ1) is 9.19. The molecule has 0 amide bonds. The van der Waals surface area contributed by atoms with E-state index in [9.17, 15) is 0 Å². The molecule has 0 aliphatic carbocycles. The molecular weight excluding hydrogens is 258 g/mol. The fourth-order valence-electron chi connectivity index (χ4n) is 2.08. The summed E-state index contributed by atoms with van der Waals surface area (Å²) in [6.07, 6.45) is 0.865. The van der Waals surface area contributed by atoms with Crippen molar-refractivity contribution in [1.82, 2.24) is 9.97 Å². The van der Waals surface area contributed by atoms with E-state index < -0.39 is 0 Å². The molecule has 19 heavy (non-hydrogen) atoms. The Bertz CT molecular complexity index is 553. The average Bonchev–Trinajstić information content (AvgIpc) is 2.76. The standard InChI is InChI=1S/C14H21N3OS/c1-5-11(18-7-3)13-16-12(15-6-2)10-8-9(4)19-14(10)17-13/h8,11H,5-7H2,1-4H3,(H,15,16,17). The lowest BCUT2D eigenvalue weighted by Gasteiger charge is -2.15. The van der Waals surface area contributed by atoms with E-state index in [0.717, 1.165) is 34.8 Å². The van der Waals surface area contributed by atoms with E-state index in [4.69, 9.17) is 4.74 Å². The molecule has 2 aromatic heterocycles. The van der Waals surface area contributed by atoms with Gasteiger partial charge in [-0.15, -0.1) is 11.3 Å². The zero-order chi connectivity index (χ0) is 13.8. The van der Waals surface area contributed by atoms with Crippen LogP contribution in [0.25, 0.3) is 10.2 Å². The maximum Gasteiger partial charge on any atom is 0.161 e. The van der Waals surface area contributed by atoms with E-state index in [-0.39, 0.29) is 6.10 Å². The van der Waals surface area contributed by atoms with E-state index in [2.05, 4.69) is 42.1 Å². The number of nitrogens with zero attached hydrogens (tertiary/aromatic N) is 2. The number of rotatable bonds is 6. The predicted octanol–water partition coefficient (Wildman–Crippen LogP) is 3.92. The molecule has 0 spiro atoms. The Balaban J connectivity index is 2.49. The van der Waals surface area contributed by atoms with Crippen LogP contribution in [0.5, 0.6) is 0 Å². The summed E-state index contributed by atoms with van der Waals surface area (Å²) >= 11 is 1.71. The van der Waals surface area contributed by atoms with E-state index in [0.29, 0.717) is 6.61 Å². The second-order valence-electron chi connectivity index (χ2n) is 4.39. The first kappa shape index (κ1) is 14.2. The van der Waals surface area contributed by atoms with Crippen LogP contribution in [0.2, 0.25) is 0 Å². The SMILES string of the molecule is CCNc1nc(C(CC)OCC)nc2sc(C)cc12. The molecule has 1 unspecified atom stereocenters. The van der Waals surface area contributed by atoms with Gasteiger partial charge < -0.3 is 10.1 Å². The third-order valence-corrected chi connectivity index (χ3v) is 3.85. The number of aryl methyl sites for hydroxylation is 1. The summed E-state index contributed by atoms with van der Waals surface area (Å²) in [4.78, 5) is 11.6. The number of anilines is 1. The molecule has 1 N–H and O–H groups in total. The third kappa shape index (κ3) is 3.04. The van der Waals surface area contributed by atoms with Crippen LogP contribution in [0.15, 0.2) is 6.07 Å². The minimum absolute atomic E-state index is 0.0192. The summed E-state index contributed by atoms with van der Waals surface area (Å²) in [6.45, 7) is 9.81. The fourth-order valence-corrected chi connectivity index (χ4v) is 2.97. The lowest BCUT2D eigenvalue weighted by Crippen LogP contribution is -2.10. The lowest BCUT2D eigenvalue weighted by molar-refractivity contribution is 0.0538. The highest BCUT2D eigenvalue weighted by molar-refractivity contribution is 7.18. The van der Waals surface area contributed by atoms with Crippen LogP contribution in [-0.2, 0) is 4.74 Å². The first-order valence-electron chi connectivity index (χ1n) is 6.83. The van der Waals surface area contributed by atoms with Crippen LogP contribution in [0.4, 0.5) is 5.82 Å². The summed E-state index contributed by atoms with van der Waals surface area (Å²) in [7, 11) is 0. The molecular formula is C14H21N3OS. The Labute approximate surface area is 118 Å². The second-order valence-corrected chi connectivity index (χ2v) is 5.62. The molecule has 0 saturated carbocycles. The van der Waals surface area contributed by atoms with E-state index in [1.807, 2.05) is 6.92 Å². The van der Waals surface area contributed by atoms with Gasteiger partial charge in [0.1, 0.15) is 16.8 Å². The first-order valence-corrected chi connectivity index (χ1v) is 7.64. The highest BCUT2D eigenvalue weighted by Crippen LogP contribution is 2.30. The number of hydrogen-bond acceptors (Lipinski definition) is 5. The maximum absolute atomic E-state index is 5.72. The van der Waals surface area contributed by atoms with E-state index in [1.54, 1.807) is 11.3 Å². The van der Waals surface area contributed by atoms with Crippen molar-refractivity contribution in [2.75, 3.05) is 18.5 Å². The van der Waals surface area contributed by atoms with Crippen LogP contribution in [0, 0.1) is 6.92 Å². The van der Waals surface area contributed by atoms with Crippen molar-refractivity contribution in [2.24, 2.45) is 0 Å². The van der Waals surface area contributed by atoms with Gasteiger partial charge in [0.15, 0.2) is 5.82 Å². The Morgan fingerprint density at radius 2 is 2.11 bits per heavy atom. The zero-order valence-corrected chi connectivity index (χ0v) is 12.8. The molecule has 0 bridgehead atoms. The van der Waals surface area contributed by atoms with Crippen LogP contribution in [0.3, 0.4) is 0 Å². The topological polar surface area (TPSA) is 47.0 Å². The quantitative estimate of drug-likeness (QED) is 0.870. The van der Waals surface area contributed by atoms with Crippen molar-refractivity contribution in [1.29, 1.82) is 0 Å². The molecule has 2 aromatic rings. The van der Waals surface area contributed by atoms with Crippen molar-refractivity contribution in [2.45, 2.75) is 40.2 Å². The molecule has 0 aliphatic rings. The van der Waals surface area contributed by atoms with Gasteiger partial charge in [0, 0.05) is 18.0 Å². The van der Waals surface area contributed by atoms with Crippen molar-refractivity contribution in [3.63, 3.8) is 0 Å². The van der Waals surface area contributed by atoms with Gasteiger partial charge in [-0.1, -0.05) is 6.92 Å². The largest absolute Gasteiger partial charge is 0.371 e. The zero-order valence-electron chi connectivity index (χ0n) is 12.0. The second kappa shape index (κ2) is 6.30. The Kier molecular flexibility index (Phi) is 4.71. The number of ether oxygens (including phenoxy) is 1. The van der Waals surface area contributed by atoms with E-state index >= 15 is 0 Å². The maximum atomic E-state index is 5.72. The van der Waals surface area contributed by atoms with Gasteiger partial charge in [-0.25, -0.2) is 9.97 Å². The monoisotopic (exact) mass is 279 g/mol. The summed E-state index contributed by atoms with van der Waals surface area (Å²) < 4.78 is 5.72. The summed E-state index contributed by atoms with van der Waals surface area (Å²) in [5.41, 5.74) is 0. The smallest absolute Gasteiger partial charge is 0.161 e. The minimum Gasteiger partial charge on any atom is -0.371 e. The van der Waals surface area contributed by atoms with Crippen LogP contribution >= 0.6 is 11.3 Å². The van der Waals surface area contributed by atoms with Gasteiger partial charge in [0.25, 0.3) is 0 Å². The molecule has 1 atom stereocenters. The highest BCUT2D eigenvalue weighted by atomic mass is 32.1. The van der Waals surface area contributed by atoms with Gasteiger partial charge in [-0.05, 0) is 33.3 Å². The molecule has 2 heterocycles. The molecule has 0 fully saturated rings. The van der Waals surface area contributed by atoms with Gasteiger partial charge in [0.2, 0.25) is 0 Å². The van der Waals surface area contributed by atoms with Gasteiger partial charge in [-0.2, -0.15) is 0 Å². The Morgan fingerprint density at radius 1 is 1.32 bits per heavy atom. The molecule has 0 radical (unpaired) electrons. The van der Waals surface area contributed by atoms with Gasteiger partial charge in [-0.3, -0.25) is 0 Å². The van der Waals surface area contributed by atoms with Crippen molar-refractivity contribution in [3.8, 4) is 0 Å². The van der Waals surface area contributed by atoms with Crippen LogP contribution < -0.4 is 5.32 Å². The molecule has 2 rings (SSSR count). The minimum atomic E-state index is -0.0192. The van der Waals surface area contributed by atoms with Crippen LogP contribution in [0.1, 0.15) is 44.0 Å². The number of aromatic nitrogens is 2. The number of hydrogen-bond donors (Lipinski definition) is 1. The van der Waals surface area contributed by atoms with Crippen molar-refractivity contribution in [3.05, 3.63) is 16.8 Å². The molecule has 4 nitrogen and oxygen atoms in total. The van der Waals surface area contributed by atoms with Gasteiger partial charge >= 0.3 is 0 Å². The lowest BCUT2D eigenvalue weighted by atomic mass is 10.2. The molecule has 5 heteroatoms. The normalized spacial score (nSPS) is 12.8.